The molecule has 5 N–H and O–H groups in total. The summed E-state index contributed by atoms with van der Waals surface area (Å²) in [6.45, 7) is 6.64. The SMILES string of the molecule is Cc1ccc(C(=O)Nc2cc(OC(F)(F)F)cc(N3CCCN(C)CC3)c2)cc1N(N)/C=C(\N)c1cnn(C)c1C. The Labute approximate surface area is 236 Å². The largest absolute Gasteiger partial charge is 0.573 e. The summed E-state index contributed by atoms with van der Waals surface area (Å²) in [5.41, 5.74) is 10.5. The fourth-order valence-corrected chi connectivity index (χ4v) is 4.64. The Hall–Kier alpha value is -4.23. The number of aryl methyl sites for hydroxylation is 2. The van der Waals surface area contributed by atoms with Crippen molar-refractivity contribution in [2.24, 2.45) is 18.6 Å². The van der Waals surface area contributed by atoms with E-state index in [4.69, 9.17) is 11.6 Å². The van der Waals surface area contributed by atoms with E-state index in [1.165, 1.54) is 17.3 Å². The number of halogens is 3. The molecule has 1 aromatic heterocycles. The number of amides is 1. The van der Waals surface area contributed by atoms with Gasteiger partial charge in [0.05, 0.1) is 17.6 Å². The van der Waals surface area contributed by atoms with Crippen molar-refractivity contribution in [2.75, 3.05) is 48.5 Å². The number of nitrogens with two attached hydrogens (primary N) is 2. The first-order chi connectivity index (χ1) is 19.3. The number of aromatic nitrogens is 2. The van der Waals surface area contributed by atoms with Crippen molar-refractivity contribution in [3.05, 3.63) is 71.2 Å². The van der Waals surface area contributed by atoms with Crippen molar-refractivity contribution >= 4 is 28.7 Å². The smallest absolute Gasteiger partial charge is 0.406 e. The van der Waals surface area contributed by atoms with E-state index in [1.54, 1.807) is 42.2 Å². The highest BCUT2D eigenvalue weighted by Gasteiger charge is 2.31. The van der Waals surface area contributed by atoms with Crippen molar-refractivity contribution in [1.82, 2.24) is 14.7 Å². The molecule has 2 heterocycles. The number of ether oxygens (including phenoxy) is 1. The summed E-state index contributed by atoms with van der Waals surface area (Å²) in [5, 5.41) is 8.23. The van der Waals surface area contributed by atoms with Gasteiger partial charge in [-0.3, -0.25) is 14.5 Å². The summed E-state index contributed by atoms with van der Waals surface area (Å²) in [5.74, 6) is 5.37. The standard InChI is InChI=1S/C28H35F3N8O2/c1-18-6-7-20(12-26(18)39(33)17-25(32)24-16-34-37(4)19(24)2)27(40)35-21-13-22(15-23(14-21)41-28(29,30)31)38-9-5-8-36(3)10-11-38/h6-7,12-17H,5,8-11,32-33H2,1-4H3,(H,35,40)/b25-17-. The Balaban J connectivity index is 1.59. The lowest BCUT2D eigenvalue weighted by Gasteiger charge is -2.24. The van der Waals surface area contributed by atoms with Gasteiger partial charge in [-0.05, 0) is 57.6 Å². The molecule has 1 amide bonds. The molecular weight excluding hydrogens is 537 g/mol. The quantitative estimate of drug-likeness (QED) is 0.288. The Kier molecular flexibility index (Phi) is 8.78. The first-order valence-electron chi connectivity index (χ1n) is 13.1. The third kappa shape index (κ3) is 7.50. The zero-order valence-corrected chi connectivity index (χ0v) is 23.5. The minimum Gasteiger partial charge on any atom is -0.406 e. The monoisotopic (exact) mass is 572 g/mol. The molecule has 0 radical (unpaired) electrons. The van der Waals surface area contributed by atoms with Gasteiger partial charge in [0.1, 0.15) is 5.75 Å². The van der Waals surface area contributed by atoms with Gasteiger partial charge in [-0.15, -0.1) is 13.2 Å². The molecule has 4 rings (SSSR count). The van der Waals surface area contributed by atoms with Crippen LogP contribution in [0.2, 0.25) is 0 Å². The number of hydrogen-bond donors (Lipinski definition) is 3. The van der Waals surface area contributed by atoms with Gasteiger partial charge in [0, 0.05) is 73.2 Å². The molecule has 1 aliphatic heterocycles. The molecule has 41 heavy (non-hydrogen) atoms. The molecule has 0 unspecified atom stereocenters. The molecule has 1 saturated heterocycles. The van der Waals surface area contributed by atoms with E-state index in [2.05, 4.69) is 20.1 Å². The van der Waals surface area contributed by atoms with E-state index in [1.807, 2.05) is 25.8 Å². The number of hydrogen-bond acceptors (Lipinski definition) is 8. The molecule has 0 aliphatic carbocycles. The van der Waals surface area contributed by atoms with Crippen LogP contribution in [0.4, 0.5) is 30.2 Å². The number of anilines is 3. The number of rotatable bonds is 7. The van der Waals surface area contributed by atoms with Crippen LogP contribution >= 0.6 is 0 Å². The number of hydrazine groups is 1. The fraction of sp³-hybridized carbons (Fsp3) is 0.357. The maximum atomic E-state index is 13.3. The predicted molar refractivity (Wildman–Crippen MR) is 153 cm³/mol. The second-order valence-corrected chi connectivity index (χ2v) is 10.1. The molecule has 1 fully saturated rings. The van der Waals surface area contributed by atoms with Gasteiger partial charge < -0.3 is 25.6 Å². The molecule has 0 saturated carbocycles. The van der Waals surface area contributed by atoms with E-state index < -0.39 is 18.0 Å². The summed E-state index contributed by atoms with van der Waals surface area (Å²) in [7, 11) is 3.81. The van der Waals surface area contributed by atoms with Crippen LogP contribution in [0, 0.1) is 13.8 Å². The fourth-order valence-electron chi connectivity index (χ4n) is 4.64. The summed E-state index contributed by atoms with van der Waals surface area (Å²) >= 11 is 0. The highest BCUT2D eigenvalue weighted by molar-refractivity contribution is 6.05. The maximum Gasteiger partial charge on any atom is 0.573 e. The zero-order valence-electron chi connectivity index (χ0n) is 23.5. The minimum atomic E-state index is -4.88. The number of benzene rings is 2. The molecule has 10 nitrogen and oxygen atoms in total. The first kappa shape index (κ1) is 29.7. The average molecular weight is 573 g/mol. The molecular formula is C28H35F3N8O2. The van der Waals surface area contributed by atoms with Crippen molar-refractivity contribution < 1.29 is 22.7 Å². The zero-order chi connectivity index (χ0) is 29.9. The number of nitrogens with zero attached hydrogens (tertiary/aromatic N) is 5. The van der Waals surface area contributed by atoms with Crippen molar-refractivity contribution in [3.63, 3.8) is 0 Å². The highest BCUT2D eigenvalue weighted by Crippen LogP contribution is 2.32. The number of carbonyl (C=O) groups is 1. The molecule has 2 aromatic carbocycles. The number of nitrogens with one attached hydrogen (secondary N) is 1. The van der Waals surface area contributed by atoms with Crippen LogP contribution in [0.1, 0.15) is 33.6 Å². The van der Waals surface area contributed by atoms with Crippen LogP contribution in [0.5, 0.6) is 5.75 Å². The normalized spacial score (nSPS) is 15.0. The van der Waals surface area contributed by atoms with Gasteiger partial charge in [0.25, 0.3) is 5.91 Å². The van der Waals surface area contributed by atoms with Gasteiger partial charge in [-0.2, -0.15) is 5.10 Å². The van der Waals surface area contributed by atoms with Crippen LogP contribution in [-0.4, -0.2) is 60.2 Å². The van der Waals surface area contributed by atoms with Gasteiger partial charge in [-0.1, -0.05) is 6.07 Å². The Morgan fingerprint density at radius 2 is 1.85 bits per heavy atom. The predicted octanol–water partition coefficient (Wildman–Crippen LogP) is 3.97. The van der Waals surface area contributed by atoms with Gasteiger partial charge >= 0.3 is 6.36 Å². The lowest BCUT2D eigenvalue weighted by atomic mass is 10.1. The van der Waals surface area contributed by atoms with Crippen molar-refractivity contribution in [2.45, 2.75) is 26.6 Å². The summed E-state index contributed by atoms with van der Waals surface area (Å²) in [6.07, 6.45) is -0.847. The molecule has 0 atom stereocenters. The Morgan fingerprint density at radius 3 is 2.54 bits per heavy atom. The lowest BCUT2D eigenvalue weighted by molar-refractivity contribution is -0.274. The Bertz CT molecular complexity index is 1440. The van der Waals surface area contributed by atoms with E-state index >= 15 is 0 Å². The summed E-state index contributed by atoms with van der Waals surface area (Å²) in [4.78, 5) is 17.4. The summed E-state index contributed by atoms with van der Waals surface area (Å²) < 4.78 is 45.2. The second-order valence-electron chi connectivity index (χ2n) is 10.1. The molecule has 1 aliphatic rings. The number of likely N-dealkylation sites (N-methyl/N-ethyl adjacent to an activating group) is 1. The van der Waals surface area contributed by atoms with E-state index in [0.29, 0.717) is 30.2 Å². The van der Waals surface area contributed by atoms with Crippen molar-refractivity contribution in [3.8, 4) is 5.75 Å². The van der Waals surface area contributed by atoms with Gasteiger partial charge in [0.2, 0.25) is 0 Å². The van der Waals surface area contributed by atoms with Crippen LogP contribution in [0.15, 0.2) is 48.8 Å². The molecule has 3 aromatic rings. The summed E-state index contributed by atoms with van der Waals surface area (Å²) in [6, 6.07) is 9.07. The van der Waals surface area contributed by atoms with Crippen molar-refractivity contribution in [1.29, 1.82) is 0 Å². The first-order valence-corrected chi connectivity index (χ1v) is 13.1. The Morgan fingerprint density at radius 1 is 1.10 bits per heavy atom. The second kappa shape index (κ2) is 12.1. The molecule has 13 heteroatoms. The van der Waals surface area contributed by atoms with Gasteiger partial charge in [0.15, 0.2) is 0 Å². The topological polar surface area (TPSA) is 118 Å². The average Bonchev–Trinajstić information content (AvgIpc) is 3.07. The molecule has 0 spiro atoms. The third-order valence-electron chi connectivity index (χ3n) is 7.04. The van der Waals surface area contributed by atoms with Crippen LogP contribution in [0.25, 0.3) is 5.70 Å². The number of alkyl halides is 3. The third-order valence-corrected chi connectivity index (χ3v) is 7.04. The van der Waals surface area contributed by atoms with E-state index in [9.17, 15) is 18.0 Å². The van der Waals surface area contributed by atoms with Crippen LogP contribution in [0.3, 0.4) is 0 Å². The number of carbonyl (C=O) groups excluding carboxylic acids is 1. The maximum absolute atomic E-state index is 13.3. The van der Waals surface area contributed by atoms with Crippen LogP contribution in [-0.2, 0) is 7.05 Å². The van der Waals surface area contributed by atoms with E-state index in [0.717, 1.165) is 42.4 Å². The minimum absolute atomic E-state index is 0.173. The molecule has 220 valence electrons. The molecule has 0 bridgehead atoms. The lowest BCUT2D eigenvalue weighted by Crippen LogP contribution is -2.29. The highest BCUT2D eigenvalue weighted by atomic mass is 19.4. The van der Waals surface area contributed by atoms with Crippen LogP contribution < -0.4 is 31.5 Å². The van der Waals surface area contributed by atoms with E-state index in [-0.39, 0.29) is 11.3 Å². The van der Waals surface area contributed by atoms with Gasteiger partial charge in [-0.25, -0.2) is 5.84 Å².